The average Bonchev–Trinajstić information content (AvgIpc) is 2.69. The quantitative estimate of drug-likeness (QED) is 0.767. The fourth-order valence-electron chi connectivity index (χ4n) is 3.22. The molecule has 3 N–H and O–H groups in total. The topological polar surface area (TPSA) is 92.5 Å². The molecule has 1 aliphatic rings. The van der Waals surface area contributed by atoms with E-state index in [1.807, 2.05) is 0 Å². The predicted molar refractivity (Wildman–Crippen MR) is 109 cm³/mol. The zero-order valence-electron chi connectivity index (χ0n) is 15.2. The third kappa shape index (κ3) is 4.81. The van der Waals surface area contributed by atoms with Gasteiger partial charge in [-0.25, -0.2) is 12.8 Å². The number of nitrogens with one attached hydrogen (secondary N) is 1. The Morgan fingerprint density at radius 2 is 1.93 bits per heavy atom. The van der Waals surface area contributed by atoms with Crippen LogP contribution < -0.4 is 10.5 Å². The molecule has 0 spiro atoms. The number of anilines is 1. The molecule has 1 saturated heterocycles. The SMILES string of the molecule is Cl.NCC1CCCCN1C(=O)c1cccc(S(=O)(=O)Nc2ccccc2F)c1. The average molecular weight is 428 g/mol. The number of hydrogen-bond donors (Lipinski definition) is 2. The van der Waals surface area contributed by atoms with E-state index in [0.29, 0.717) is 13.1 Å². The van der Waals surface area contributed by atoms with Crippen molar-refractivity contribution < 1.29 is 17.6 Å². The van der Waals surface area contributed by atoms with Crippen molar-refractivity contribution in [3.8, 4) is 0 Å². The van der Waals surface area contributed by atoms with Crippen LogP contribution in [0.5, 0.6) is 0 Å². The highest BCUT2D eigenvalue weighted by Crippen LogP contribution is 2.22. The summed E-state index contributed by atoms with van der Waals surface area (Å²) >= 11 is 0. The molecule has 0 radical (unpaired) electrons. The number of sulfonamides is 1. The second-order valence-corrected chi connectivity index (χ2v) is 8.18. The van der Waals surface area contributed by atoms with Gasteiger partial charge in [0.25, 0.3) is 15.9 Å². The number of likely N-dealkylation sites (tertiary alicyclic amines) is 1. The third-order valence-corrected chi connectivity index (χ3v) is 6.03. The van der Waals surface area contributed by atoms with Crippen LogP contribution in [0.2, 0.25) is 0 Å². The minimum atomic E-state index is -4.03. The largest absolute Gasteiger partial charge is 0.334 e. The number of nitrogens with zero attached hydrogens (tertiary/aromatic N) is 1. The number of benzene rings is 2. The van der Waals surface area contributed by atoms with Gasteiger partial charge < -0.3 is 10.6 Å². The van der Waals surface area contributed by atoms with Gasteiger partial charge in [0, 0.05) is 24.7 Å². The molecule has 6 nitrogen and oxygen atoms in total. The molecule has 3 rings (SSSR count). The second-order valence-electron chi connectivity index (χ2n) is 6.50. The summed E-state index contributed by atoms with van der Waals surface area (Å²) < 4.78 is 41.2. The van der Waals surface area contributed by atoms with Crippen LogP contribution in [-0.2, 0) is 10.0 Å². The van der Waals surface area contributed by atoms with Gasteiger partial charge in [-0.1, -0.05) is 18.2 Å². The van der Waals surface area contributed by atoms with Gasteiger partial charge in [-0.2, -0.15) is 0 Å². The first-order chi connectivity index (χ1) is 12.9. The fraction of sp³-hybridized carbons (Fsp3) is 0.316. The van der Waals surface area contributed by atoms with Crippen LogP contribution in [0, 0.1) is 5.82 Å². The summed E-state index contributed by atoms with van der Waals surface area (Å²) in [6.45, 7) is 0.976. The van der Waals surface area contributed by atoms with Crippen molar-refractivity contribution in [3.63, 3.8) is 0 Å². The Bertz CT molecular complexity index is 940. The van der Waals surface area contributed by atoms with Crippen LogP contribution in [0.25, 0.3) is 0 Å². The van der Waals surface area contributed by atoms with Crippen molar-refractivity contribution >= 4 is 34.0 Å². The van der Waals surface area contributed by atoms with Crippen LogP contribution in [0.4, 0.5) is 10.1 Å². The van der Waals surface area contributed by atoms with Gasteiger partial charge in [0.05, 0.1) is 10.6 Å². The maximum Gasteiger partial charge on any atom is 0.262 e. The van der Waals surface area contributed by atoms with Crippen LogP contribution >= 0.6 is 12.4 Å². The zero-order valence-corrected chi connectivity index (χ0v) is 16.8. The lowest BCUT2D eigenvalue weighted by molar-refractivity contribution is 0.0623. The highest BCUT2D eigenvalue weighted by atomic mass is 35.5. The normalized spacial score (nSPS) is 16.9. The van der Waals surface area contributed by atoms with E-state index in [2.05, 4.69) is 4.72 Å². The Hall–Kier alpha value is -2.16. The Morgan fingerprint density at radius 1 is 1.18 bits per heavy atom. The molecule has 1 fully saturated rings. The Balaban J connectivity index is 0.00000280. The molecule has 28 heavy (non-hydrogen) atoms. The summed E-state index contributed by atoms with van der Waals surface area (Å²) in [6, 6.07) is 11.2. The molecule has 0 saturated carbocycles. The molecule has 1 heterocycles. The molecule has 1 aliphatic heterocycles. The second kappa shape index (κ2) is 9.36. The highest BCUT2D eigenvalue weighted by molar-refractivity contribution is 7.92. The van der Waals surface area contributed by atoms with Crippen LogP contribution in [0.1, 0.15) is 29.6 Å². The van der Waals surface area contributed by atoms with Crippen molar-refractivity contribution in [3.05, 3.63) is 59.9 Å². The van der Waals surface area contributed by atoms with Gasteiger partial charge in [0.2, 0.25) is 0 Å². The molecule has 0 aliphatic carbocycles. The van der Waals surface area contributed by atoms with E-state index in [9.17, 15) is 17.6 Å². The number of piperidine rings is 1. The Labute approximate surface area is 170 Å². The summed E-state index contributed by atoms with van der Waals surface area (Å²) in [5.41, 5.74) is 5.90. The molecule has 2 aromatic rings. The summed E-state index contributed by atoms with van der Waals surface area (Å²) in [7, 11) is -4.03. The van der Waals surface area contributed by atoms with E-state index in [0.717, 1.165) is 19.3 Å². The maximum atomic E-state index is 13.8. The lowest BCUT2D eigenvalue weighted by atomic mass is 10.0. The van der Waals surface area contributed by atoms with Crippen LogP contribution in [0.15, 0.2) is 53.4 Å². The number of nitrogens with two attached hydrogens (primary N) is 1. The van der Waals surface area contributed by atoms with E-state index in [4.69, 9.17) is 5.73 Å². The summed E-state index contributed by atoms with van der Waals surface area (Å²) in [5.74, 6) is -0.916. The smallest absolute Gasteiger partial charge is 0.262 e. The maximum absolute atomic E-state index is 13.8. The molecule has 0 bridgehead atoms. The first kappa shape index (κ1) is 22.1. The van der Waals surface area contributed by atoms with E-state index < -0.39 is 15.8 Å². The molecule has 0 aromatic heterocycles. The molecule has 152 valence electrons. The summed E-state index contributed by atoms with van der Waals surface area (Å²) in [6.07, 6.45) is 2.76. The zero-order chi connectivity index (χ0) is 19.4. The standard InChI is InChI=1S/C19H22FN3O3S.ClH/c20-17-9-1-2-10-18(17)22-27(25,26)16-8-5-6-14(12-16)19(24)23-11-4-3-7-15(23)13-21;/h1-2,5-6,8-10,12,15,22H,3-4,7,11,13,21H2;1H. The van der Waals surface area contributed by atoms with Crippen molar-refractivity contribution in [2.24, 2.45) is 5.73 Å². The first-order valence-corrected chi connectivity index (χ1v) is 10.3. The van der Waals surface area contributed by atoms with Crippen molar-refractivity contribution in [2.45, 2.75) is 30.2 Å². The monoisotopic (exact) mass is 427 g/mol. The predicted octanol–water partition coefficient (Wildman–Crippen LogP) is 3.00. The van der Waals surface area contributed by atoms with E-state index >= 15 is 0 Å². The molecule has 1 unspecified atom stereocenters. The van der Waals surface area contributed by atoms with Crippen LogP contribution in [-0.4, -0.2) is 38.4 Å². The number of carbonyl (C=O) groups excluding carboxylic acids is 1. The number of para-hydroxylation sites is 1. The summed E-state index contributed by atoms with van der Waals surface area (Å²) in [5, 5.41) is 0. The first-order valence-electron chi connectivity index (χ1n) is 8.81. The Morgan fingerprint density at radius 3 is 2.64 bits per heavy atom. The van der Waals surface area contributed by atoms with E-state index in [1.165, 1.54) is 42.5 Å². The van der Waals surface area contributed by atoms with Gasteiger partial charge in [0.1, 0.15) is 5.82 Å². The molecule has 9 heteroatoms. The van der Waals surface area contributed by atoms with Crippen molar-refractivity contribution in [2.75, 3.05) is 17.8 Å². The van der Waals surface area contributed by atoms with Crippen molar-refractivity contribution in [1.82, 2.24) is 4.90 Å². The summed E-state index contributed by atoms with van der Waals surface area (Å²) in [4.78, 5) is 14.5. The number of carbonyl (C=O) groups is 1. The van der Waals surface area contributed by atoms with Gasteiger partial charge in [-0.3, -0.25) is 9.52 Å². The molecule has 1 atom stereocenters. The fourth-order valence-corrected chi connectivity index (χ4v) is 4.34. The number of rotatable bonds is 5. The van der Waals surface area contributed by atoms with Gasteiger partial charge in [0.15, 0.2) is 0 Å². The van der Waals surface area contributed by atoms with Crippen molar-refractivity contribution in [1.29, 1.82) is 0 Å². The minimum Gasteiger partial charge on any atom is -0.334 e. The molecular formula is C19H23ClFN3O3S. The number of halogens is 2. The van der Waals surface area contributed by atoms with E-state index in [1.54, 1.807) is 11.0 Å². The number of hydrogen-bond acceptors (Lipinski definition) is 4. The lowest BCUT2D eigenvalue weighted by Crippen LogP contribution is -2.47. The molecule has 2 aromatic carbocycles. The van der Waals surface area contributed by atoms with E-state index in [-0.39, 0.29) is 40.5 Å². The van der Waals surface area contributed by atoms with Gasteiger partial charge in [-0.15, -0.1) is 12.4 Å². The molecule has 1 amide bonds. The highest BCUT2D eigenvalue weighted by Gasteiger charge is 2.27. The Kier molecular flexibility index (Phi) is 7.40. The van der Waals surface area contributed by atoms with Crippen LogP contribution in [0.3, 0.4) is 0 Å². The third-order valence-electron chi connectivity index (χ3n) is 4.67. The lowest BCUT2D eigenvalue weighted by Gasteiger charge is -2.35. The minimum absolute atomic E-state index is 0. The molecular weight excluding hydrogens is 405 g/mol. The van der Waals surface area contributed by atoms with Gasteiger partial charge >= 0.3 is 0 Å². The van der Waals surface area contributed by atoms with Gasteiger partial charge in [-0.05, 0) is 49.6 Å². The number of amides is 1.